The normalized spacial score (nSPS) is 11.7. The number of rotatable bonds is 3. The molecule has 0 atom stereocenters. The van der Waals surface area contributed by atoms with Gasteiger partial charge in [0.05, 0.1) is 27.3 Å². The molecule has 0 saturated heterocycles. The van der Waals surface area contributed by atoms with Gasteiger partial charge in [0.25, 0.3) is 0 Å². The van der Waals surface area contributed by atoms with Crippen molar-refractivity contribution in [1.29, 1.82) is 0 Å². The Morgan fingerprint density at radius 1 is 1.25 bits per heavy atom. The van der Waals surface area contributed by atoms with Crippen molar-refractivity contribution in [3.8, 4) is 0 Å². The Kier molecular flexibility index (Phi) is 5.00. The summed E-state index contributed by atoms with van der Waals surface area (Å²) in [5, 5.41) is 5.48. The highest BCUT2D eigenvalue weighted by atomic mass is 79.9. The smallest absolute Gasteiger partial charge is 0.0981 e. The fraction of sp³-hybridized carbons (Fsp3) is 0.357. The number of nitrogens with zero attached hydrogens (tertiary/aromatic N) is 1. The Hall–Kier alpha value is -0.290. The first kappa shape index (κ1) is 16.1. The summed E-state index contributed by atoms with van der Waals surface area (Å²) in [6.07, 6.45) is 1.91. The maximum atomic E-state index is 6.21. The average Bonchev–Trinajstić information content (AvgIpc) is 2.84. The van der Waals surface area contributed by atoms with E-state index in [9.17, 15) is 0 Å². The third-order valence-electron chi connectivity index (χ3n) is 2.68. The second kappa shape index (κ2) is 6.22. The highest BCUT2D eigenvalue weighted by Crippen LogP contribution is 2.36. The largest absolute Gasteiger partial charge is 0.379 e. The van der Waals surface area contributed by atoms with E-state index in [1.54, 1.807) is 11.3 Å². The number of thiazole rings is 1. The van der Waals surface area contributed by atoms with E-state index < -0.39 is 0 Å². The summed E-state index contributed by atoms with van der Waals surface area (Å²) < 4.78 is 0.794. The van der Waals surface area contributed by atoms with Crippen LogP contribution >= 0.6 is 50.5 Å². The molecular weight excluding hydrogens is 379 g/mol. The van der Waals surface area contributed by atoms with Crippen molar-refractivity contribution < 1.29 is 0 Å². The zero-order valence-corrected chi connectivity index (χ0v) is 15.3. The molecule has 20 heavy (non-hydrogen) atoms. The maximum absolute atomic E-state index is 6.21. The van der Waals surface area contributed by atoms with E-state index in [0.29, 0.717) is 16.6 Å². The van der Waals surface area contributed by atoms with Crippen molar-refractivity contribution in [2.24, 2.45) is 0 Å². The van der Waals surface area contributed by atoms with Gasteiger partial charge in [-0.15, -0.1) is 11.3 Å². The molecule has 0 radical (unpaired) electrons. The lowest BCUT2D eigenvalue weighted by atomic mass is 9.98. The number of anilines is 1. The minimum atomic E-state index is 0.0848. The molecule has 0 amide bonds. The van der Waals surface area contributed by atoms with Crippen LogP contribution in [-0.4, -0.2) is 4.98 Å². The van der Waals surface area contributed by atoms with E-state index in [1.807, 2.05) is 18.3 Å². The zero-order chi connectivity index (χ0) is 14.9. The first-order chi connectivity index (χ1) is 9.29. The molecule has 0 spiro atoms. The monoisotopic (exact) mass is 392 g/mol. The van der Waals surface area contributed by atoms with Gasteiger partial charge in [0.15, 0.2) is 0 Å². The van der Waals surface area contributed by atoms with Crippen molar-refractivity contribution in [3.63, 3.8) is 0 Å². The second-order valence-corrected chi connectivity index (χ2v) is 8.18. The van der Waals surface area contributed by atoms with E-state index in [4.69, 9.17) is 23.2 Å². The highest BCUT2D eigenvalue weighted by Gasteiger charge is 2.18. The van der Waals surface area contributed by atoms with Crippen molar-refractivity contribution in [2.75, 3.05) is 5.32 Å². The SMILES string of the molecule is CC(C)(C)c1ncc(CNc2ccc(Br)c(Cl)c2Cl)s1. The Balaban J connectivity index is 2.10. The topological polar surface area (TPSA) is 24.9 Å². The number of benzene rings is 1. The van der Waals surface area contributed by atoms with Crippen LogP contribution in [-0.2, 0) is 12.0 Å². The fourth-order valence-corrected chi connectivity index (χ4v) is 3.33. The fourth-order valence-electron chi connectivity index (χ4n) is 1.58. The molecule has 0 fully saturated rings. The molecule has 0 aliphatic rings. The predicted molar refractivity (Wildman–Crippen MR) is 92.3 cm³/mol. The van der Waals surface area contributed by atoms with Crippen molar-refractivity contribution in [1.82, 2.24) is 4.98 Å². The maximum Gasteiger partial charge on any atom is 0.0981 e. The molecule has 108 valence electrons. The van der Waals surface area contributed by atoms with Crippen molar-refractivity contribution >= 4 is 56.2 Å². The van der Waals surface area contributed by atoms with Gasteiger partial charge in [-0.1, -0.05) is 44.0 Å². The van der Waals surface area contributed by atoms with Crippen LogP contribution in [0.25, 0.3) is 0 Å². The molecule has 1 aromatic heterocycles. The lowest BCUT2D eigenvalue weighted by Crippen LogP contribution is -2.09. The van der Waals surface area contributed by atoms with Crippen LogP contribution in [0.15, 0.2) is 22.8 Å². The van der Waals surface area contributed by atoms with E-state index >= 15 is 0 Å². The summed E-state index contributed by atoms with van der Waals surface area (Å²) in [6.45, 7) is 7.17. The molecule has 0 aliphatic heterocycles. The quantitative estimate of drug-likeness (QED) is 0.635. The van der Waals surface area contributed by atoms with Gasteiger partial charge in [0, 0.05) is 21.0 Å². The van der Waals surface area contributed by atoms with Crippen LogP contribution < -0.4 is 5.32 Å². The second-order valence-electron chi connectivity index (χ2n) is 5.46. The van der Waals surface area contributed by atoms with Crippen LogP contribution in [0.2, 0.25) is 10.0 Å². The van der Waals surface area contributed by atoms with Crippen LogP contribution in [0.3, 0.4) is 0 Å². The van der Waals surface area contributed by atoms with Gasteiger partial charge in [-0.2, -0.15) is 0 Å². The molecule has 0 unspecified atom stereocenters. The molecule has 1 aromatic carbocycles. The van der Waals surface area contributed by atoms with E-state index in [2.05, 4.69) is 47.0 Å². The van der Waals surface area contributed by atoms with Gasteiger partial charge in [-0.05, 0) is 28.1 Å². The van der Waals surface area contributed by atoms with Gasteiger partial charge < -0.3 is 5.32 Å². The van der Waals surface area contributed by atoms with Crippen molar-refractivity contribution in [2.45, 2.75) is 32.7 Å². The average molecular weight is 394 g/mol. The predicted octanol–water partition coefficient (Wildman–Crippen LogP) is 6.12. The van der Waals surface area contributed by atoms with Gasteiger partial charge >= 0.3 is 0 Å². The summed E-state index contributed by atoms with van der Waals surface area (Å²) in [7, 11) is 0. The number of halogens is 3. The van der Waals surface area contributed by atoms with E-state index in [0.717, 1.165) is 15.2 Å². The van der Waals surface area contributed by atoms with Crippen LogP contribution in [0.4, 0.5) is 5.69 Å². The Labute approximate surface area is 141 Å². The molecule has 0 aliphatic carbocycles. The molecule has 2 rings (SSSR count). The molecular formula is C14H15BrCl2N2S. The highest BCUT2D eigenvalue weighted by molar-refractivity contribution is 9.10. The summed E-state index contributed by atoms with van der Waals surface area (Å²) in [4.78, 5) is 5.64. The van der Waals surface area contributed by atoms with Gasteiger partial charge in [-0.25, -0.2) is 4.98 Å². The summed E-state index contributed by atoms with van der Waals surface area (Å²) in [6, 6.07) is 3.79. The van der Waals surface area contributed by atoms with Crippen LogP contribution in [0, 0.1) is 0 Å². The summed E-state index contributed by atoms with van der Waals surface area (Å²) in [5.74, 6) is 0. The molecule has 1 heterocycles. The lowest BCUT2D eigenvalue weighted by molar-refractivity contribution is 0.585. The first-order valence-electron chi connectivity index (χ1n) is 6.11. The van der Waals surface area contributed by atoms with Gasteiger partial charge in [0.1, 0.15) is 0 Å². The number of nitrogens with one attached hydrogen (secondary N) is 1. The third-order valence-corrected chi connectivity index (χ3v) is 5.88. The third kappa shape index (κ3) is 3.67. The zero-order valence-electron chi connectivity index (χ0n) is 11.4. The van der Waals surface area contributed by atoms with Crippen molar-refractivity contribution in [3.05, 3.63) is 42.7 Å². The number of aromatic nitrogens is 1. The number of hydrogen-bond donors (Lipinski definition) is 1. The van der Waals surface area contributed by atoms with Gasteiger partial charge in [-0.3, -0.25) is 0 Å². The molecule has 0 saturated carbocycles. The molecule has 1 N–H and O–H groups in total. The minimum Gasteiger partial charge on any atom is -0.379 e. The molecule has 6 heteroatoms. The summed E-state index contributed by atoms with van der Waals surface area (Å²) in [5.41, 5.74) is 0.909. The first-order valence-corrected chi connectivity index (χ1v) is 8.48. The summed E-state index contributed by atoms with van der Waals surface area (Å²) >= 11 is 17.4. The standard InChI is InChI=1S/C14H15BrCl2N2S/c1-14(2,3)13-19-7-8(20-13)6-18-10-5-4-9(15)11(16)12(10)17/h4-5,7,18H,6H2,1-3H3. The van der Waals surface area contributed by atoms with E-state index in [-0.39, 0.29) is 5.41 Å². The minimum absolute atomic E-state index is 0.0848. The van der Waals surface area contributed by atoms with Gasteiger partial charge in [0.2, 0.25) is 0 Å². The molecule has 0 bridgehead atoms. The Morgan fingerprint density at radius 3 is 2.55 bits per heavy atom. The number of hydrogen-bond acceptors (Lipinski definition) is 3. The Bertz CT molecular complexity index is 620. The molecule has 2 nitrogen and oxygen atoms in total. The van der Waals surface area contributed by atoms with Crippen LogP contribution in [0.5, 0.6) is 0 Å². The van der Waals surface area contributed by atoms with Crippen LogP contribution in [0.1, 0.15) is 30.7 Å². The molecule has 2 aromatic rings. The lowest BCUT2D eigenvalue weighted by Gasteiger charge is -2.13. The van der Waals surface area contributed by atoms with E-state index in [1.165, 1.54) is 4.88 Å². The Morgan fingerprint density at radius 2 is 1.95 bits per heavy atom.